The summed E-state index contributed by atoms with van der Waals surface area (Å²) < 4.78 is 1.90. The van der Waals surface area contributed by atoms with Crippen LogP contribution in [0.1, 0.15) is 53.1 Å². The summed E-state index contributed by atoms with van der Waals surface area (Å²) >= 11 is 1.60. The van der Waals surface area contributed by atoms with E-state index in [-0.39, 0.29) is 30.7 Å². The summed E-state index contributed by atoms with van der Waals surface area (Å²) in [6.45, 7) is 7.91. The number of amides is 1. The number of aromatic nitrogens is 3. The molecule has 0 bridgehead atoms. The SMILES string of the molecule is Cc1cnc(C(C)(C)NC(=O)c2ccn(C3CCCNC3)n2)s1.Cl.Cl. The molecule has 0 saturated carbocycles. The van der Waals surface area contributed by atoms with E-state index < -0.39 is 5.54 Å². The third kappa shape index (κ3) is 5.17. The molecular weight excluding hydrogens is 381 g/mol. The minimum absolute atomic E-state index is 0. The predicted octanol–water partition coefficient (Wildman–Crippen LogP) is 3.08. The molecule has 0 aliphatic carbocycles. The lowest BCUT2D eigenvalue weighted by Gasteiger charge is -2.24. The predicted molar refractivity (Wildman–Crippen MR) is 105 cm³/mol. The molecule has 1 unspecified atom stereocenters. The van der Waals surface area contributed by atoms with Gasteiger partial charge < -0.3 is 10.6 Å². The van der Waals surface area contributed by atoms with Crippen LogP contribution in [0.3, 0.4) is 0 Å². The number of halogens is 2. The van der Waals surface area contributed by atoms with E-state index in [4.69, 9.17) is 0 Å². The maximum absolute atomic E-state index is 12.5. The van der Waals surface area contributed by atoms with Gasteiger partial charge >= 0.3 is 0 Å². The number of carbonyl (C=O) groups excluding carboxylic acids is 1. The lowest BCUT2D eigenvalue weighted by Crippen LogP contribution is -2.41. The number of aryl methyl sites for hydroxylation is 1. The molecule has 0 aromatic carbocycles. The van der Waals surface area contributed by atoms with Gasteiger partial charge in [-0.25, -0.2) is 4.98 Å². The normalized spacial score (nSPS) is 17.3. The summed E-state index contributed by atoms with van der Waals surface area (Å²) in [6, 6.07) is 2.12. The molecule has 1 aliphatic rings. The van der Waals surface area contributed by atoms with Crippen molar-refractivity contribution in [1.29, 1.82) is 0 Å². The van der Waals surface area contributed by atoms with E-state index in [9.17, 15) is 4.79 Å². The van der Waals surface area contributed by atoms with E-state index in [0.29, 0.717) is 11.7 Å². The zero-order valence-electron chi connectivity index (χ0n) is 14.6. The molecule has 0 radical (unpaired) electrons. The Balaban J connectivity index is 0.00000156. The van der Waals surface area contributed by atoms with Crippen molar-refractivity contribution in [3.63, 3.8) is 0 Å². The molecule has 1 saturated heterocycles. The van der Waals surface area contributed by atoms with Gasteiger partial charge in [-0.05, 0) is 46.2 Å². The second-order valence-electron chi connectivity index (χ2n) is 6.54. The topological polar surface area (TPSA) is 71.8 Å². The van der Waals surface area contributed by atoms with Gasteiger partial charge in [-0.2, -0.15) is 5.10 Å². The van der Waals surface area contributed by atoms with E-state index in [1.807, 2.05) is 37.8 Å². The second kappa shape index (κ2) is 8.98. The lowest BCUT2D eigenvalue weighted by molar-refractivity contribution is 0.0905. The quantitative estimate of drug-likeness (QED) is 0.819. The number of nitrogens with zero attached hydrogens (tertiary/aromatic N) is 3. The van der Waals surface area contributed by atoms with Crippen molar-refractivity contribution >= 4 is 42.1 Å². The van der Waals surface area contributed by atoms with E-state index in [2.05, 4.69) is 20.7 Å². The van der Waals surface area contributed by atoms with E-state index in [1.165, 1.54) is 0 Å². The summed E-state index contributed by atoms with van der Waals surface area (Å²) in [4.78, 5) is 18.0. The fraction of sp³-hybridized carbons (Fsp3) is 0.562. The average molecular weight is 406 g/mol. The molecule has 140 valence electrons. The Labute approximate surface area is 164 Å². The van der Waals surface area contributed by atoms with Crippen molar-refractivity contribution in [2.24, 2.45) is 0 Å². The van der Waals surface area contributed by atoms with Crippen LogP contribution in [0.2, 0.25) is 0 Å². The van der Waals surface area contributed by atoms with E-state index in [0.717, 1.165) is 35.8 Å². The fourth-order valence-electron chi connectivity index (χ4n) is 2.77. The van der Waals surface area contributed by atoms with Crippen molar-refractivity contribution in [2.45, 2.75) is 45.2 Å². The highest BCUT2D eigenvalue weighted by molar-refractivity contribution is 7.11. The monoisotopic (exact) mass is 405 g/mol. The Morgan fingerprint density at radius 1 is 1.44 bits per heavy atom. The second-order valence-corrected chi connectivity index (χ2v) is 7.77. The van der Waals surface area contributed by atoms with Crippen molar-refractivity contribution < 1.29 is 4.79 Å². The third-order valence-corrected chi connectivity index (χ3v) is 5.30. The first-order valence-electron chi connectivity index (χ1n) is 7.97. The molecule has 1 aliphatic heterocycles. The maximum Gasteiger partial charge on any atom is 0.272 e. The Morgan fingerprint density at radius 3 is 2.80 bits per heavy atom. The van der Waals surface area contributed by atoms with Gasteiger partial charge in [-0.3, -0.25) is 9.48 Å². The highest BCUT2D eigenvalue weighted by Crippen LogP contribution is 2.25. The van der Waals surface area contributed by atoms with Crippen molar-refractivity contribution in [1.82, 2.24) is 25.4 Å². The first-order chi connectivity index (χ1) is 11.0. The Bertz CT molecular complexity index is 694. The van der Waals surface area contributed by atoms with Crippen LogP contribution in [0.5, 0.6) is 0 Å². The van der Waals surface area contributed by atoms with Crippen LogP contribution in [0.4, 0.5) is 0 Å². The van der Waals surface area contributed by atoms with Gasteiger partial charge in [0, 0.05) is 23.8 Å². The molecule has 2 aromatic rings. The largest absolute Gasteiger partial charge is 0.339 e. The summed E-state index contributed by atoms with van der Waals surface area (Å²) in [5.74, 6) is -0.162. The molecule has 25 heavy (non-hydrogen) atoms. The molecule has 9 heteroatoms. The Kier molecular flexibility index (Phi) is 7.87. The van der Waals surface area contributed by atoms with E-state index >= 15 is 0 Å². The summed E-state index contributed by atoms with van der Waals surface area (Å²) in [5, 5.41) is 11.8. The van der Waals surface area contributed by atoms with Gasteiger partial charge in [0.05, 0.1) is 11.6 Å². The van der Waals surface area contributed by atoms with Crippen LogP contribution in [0.25, 0.3) is 0 Å². The van der Waals surface area contributed by atoms with Crippen LogP contribution in [-0.4, -0.2) is 33.8 Å². The molecule has 3 heterocycles. The zero-order chi connectivity index (χ0) is 16.4. The molecule has 3 rings (SSSR count). The zero-order valence-corrected chi connectivity index (χ0v) is 17.1. The number of rotatable bonds is 4. The van der Waals surface area contributed by atoms with Crippen molar-refractivity contribution in [3.8, 4) is 0 Å². The van der Waals surface area contributed by atoms with Gasteiger partial charge in [0.2, 0.25) is 0 Å². The van der Waals surface area contributed by atoms with Crippen LogP contribution in [0.15, 0.2) is 18.5 Å². The molecule has 1 amide bonds. The van der Waals surface area contributed by atoms with Gasteiger partial charge in [-0.1, -0.05) is 0 Å². The molecular formula is C16H25Cl2N5OS. The highest BCUT2D eigenvalue weighted by Gasteiger charge is 2.28. The van der Waals surface area contributed by atoms with Gasteiger partial charge in [0.25, 0.3) is 5.91 Å². The summed E-state index contributed by atoms with van der Waals surface area (Å²) in [6.07, 6.45) is 5.97. The molecule has 1 atom stereocenters. The highest BCUT2D eigenvalue weighted by atomic mass is 35.5. The van der Waals surface area contributed by atoms with E-state index in [1.54, 1.807) is 17.4 Å². The van der Waals surface area contributed by atoms with Crippen LogP contribution < -0.4 is 10.6 Å². The van der Waals surface area contributed by atoms with Crippen molar-refractivity contribution in [2.75, 3.05) is 13.1 Å². The molecule has 0 spiro atoms. The average Bonchev–Trinajstić information content (AvgIpc) is 3.17. The maximum atomic E-state index is 12.5. The number of thiazole rings is 1. The summed E-state index contributed by atoms with van der Waals surface area (Å²) in [5.41, 5.74) is -0.0523. The number of hydrogen-bond acceptors (Lipinski definition) is 5. The van der Waals surface area contributed by atoms with Gasteiger partial charge in [0.1, 0.15) is 10.7 Å². The van der Waals surface area contributed by atoms with Gasteiger partial charge in [0.15, 0.2) is 0 Å². The minimum atomic E-state index is -0.508. The first kappa shape index (κ1) is 21.9. The first-order valence-corrected chi connectivity index (χ1v) is 8.78. The van der Waals surface area contributed by atoms with Crippen LogP contribution >= 0.6 is 36.2 Å². The summed E-state index contributed by atoms with van der Waals surface area (Å²) in [7, 11) is 0. The minimum Gasteiger partial charge on any atom is -0.339 e. The van der Waals surface area contributed by atoms with Crippen LogP contribution in [-0.2, 0) is 5.54 Å². The molecule has 2 N–H and O–H groups in total. The smallest absolute Gasteiger partial charge is 0.272 e. The molecule has 2 aromatic heterocycles. The molecule has 6 nitrogen and oxygen atoms in total. The fourth-order valence-corrected chi connectivity index (χ4v) is 3.59. The van der Waals surface area contributed by atoms with Gasteiger partial charge in [-0.15, -0.1) is 36.2 Å². The molecule has 1 fully saturated rings. The third-order valence-electron chi connectivity index (χ3n) is 4.07. The van der Waals surface area contributed by atoms with Crippen LogP contribution in [0, 0.1) is 6.92 Å². The number of carbonyl (C=O) groups is 1. The van der Waals surface area contributed by atoms with Crippen molar-refractivity contribution in [3.05, 3.63) is 34.0 Å². The number of hydrogen-bond donors (Lipinski definition) is 2. The Hall–Kier alpha value is -1.15. The Morgan fingerprint density at radius 2 is 2.20 bits per heavy atom. The number of nitrogens with one attached hydrogen (secondary N) is 2. The lowest BCUT2D eigenvalue weighted by atomic mass is 10.1. The standard InChI is InChI=1S/C16H23N5OS.2ClH/c1-11-9-18-15(23-11)16(2,3)19-14(22)13-6-8-21(20-13)12-5-4-7-17-10-12;;/h6,8-9,12,17H,4-5,7,10H2,1-3H3,(H,19,22);2*1H. The number of piperidine rings is 1.